The Morgan fingerprint density at radius 1 is 1.20 bits per heavy atom. The first-order valence-corrected chi connectivity index (χ1v) is 6.34. The molecule has 2 amide bonds. The molecule has 6 nitrogen and oxygen atoms in total. The van der Waals surface area contributed by atoms with E-state index < -0.39 is 0 Å². The molecule has 1 aliphatic carbocycles. The number of nitrogens with zero attached hydrogens (tertiary/aromatic N) is 1. The standard InChI is InChI=1S/C14H13N3O3/c18-13(9-3-4-9)16-10-5-6-12(15-8-10)17-14(19)11-2-1-7-20-11/h1-2,5-9H,3-4H2,(H,16,18)(H,15,17,19). The Balaban J connectivity index is 1.61. The Labute approximate surface area is 115 Å². The van der Waals surface area contributed by atoms with Gasteiger partial charge in [-0.15, -0.1) is 0 Å². The van der Waals surface area contributed by atoms with Gasteiger partial charge in [-0.05, 0) is 37.1 Å². The summed E-state index contributed by atoms with van der Waals surface area (Å²) in [5.74, 6) is 0.429. The van der Waals surface area contributed by atoms with Crippen molar-refractivity contribution in [2.24, 2.45) is 5.92 Å². The van der Waals surface area contributed by atoms with Gasteiger partial charge in [0.25, 0.3) is 5.91 Å². The number of nitrogens with one attached hydrogen (secondary N) is 2. The van der Waals surface area contributed by atoms with Crippen molar-refractivity contribution in [1.82, 2.24) is 4.98 Å². The minimum atomic E-state index is -0.364. The molecule has 0 unspecified atom stereocenters. The molecule has 1 aliphatic rings. The van der Waals surface area contributed by atoms with Crippen LogP contribution in [0.2, 0.25) is 0 Å². The van der Waals surface area contributed by atoms with Gasteiger partial charge in [0.2, 0.25) is 5.91 Å². The number of carbonyl (C=O) groups is 2. The number of anilines is 2. The number of amides is 2. The highest BCUT2D eigenvalue weighted by Gasteiger charge is 2.29. The normalized spacial score (nSPS) is 13.8. The Kier molecular flexibility index (Phi) is 3.20. The molecular weight excluding hydrogens is 258 g/mol. The van der Waals surface area contributed by atoms with E-state index in [1.807, 2.05) is 0 Å². The molecule has 0 atom stereocenters. The summed E-state index contributed by atoms with van der Waals surface area (Å²) in [6.07, 6.45) is 4.85. The van der Waals surface area contributed by atoms with E-state index in [-0.39, 0.29) is 23.5 Å². The second-order valence-corrected chi connectivity index (χ2v) is 4.63. The summed E-state index contributed by atoms with van der Waals surface area (Å²) in [4.78, 5) is 27.4. The van der Waals surface area contributed by atoms with Crippen LogP contribution in [0.25, 0.3) is 0 Å². The van der Waals surface area contributed by atoms with E-state index in [0.29, 0.717) is 11.5 Å². The largest absolute Gasteiger partial charge is 0.459 e. The number of rotatable bonds is 4. The summed E-state index contributed by atoms with van der Waals surface area (Å²) in [5.41, 5.74) is 0.623. The zero-order chi connectivity index (χ0) is 13.9. The lowest BCUT2D eigenvalue weighted by molar-refractivity contribution is -0.117. The van der Waals surface area contributed by atoms with Crippen LogP contribution >= 0.6 is 0 Å². The minimum absolute atomic E-state index is 0.0270. The molecule has 20 heavy (non-hydrogen) atoms. The van der Waals surface area contributed by atoms with E-state index in [1.54, 1.807) is 24.3 Å². The quantitative estimate of drug-likeness (QED) is 0.893. The van der Waals surface area contributed by atoms with Gasteiger partial charge in [0, 0.05) is 5.92 Å². The Bertz CT molecular complexity index is 616. The molecule has 1 saturated carbocycles. The molecular formula is C14H13N3O3. The monoisotopic (exact) mass is 271 g/mol. The Morgan fingerprint density at radius 2 is 2.05 bits per heavy atom. The maximum absolute atomic E-state index is 11.7. The lowest BCUT2D eigenvalue weighted by Crippen LogP contribution is -2.14. The van der Waals surface area contributed by atoms with E-state index in [4.69, 9.17) is 4.42 Å². The minimum Gasteiger partial charge on any atom is -0.459 e. The van der Waals surface area contributed by atoms with Crippen LogP contribution in [0.5, 0.6) is 0 Å². The van der Waals surface area contributed by atoms with E-state index in [1.165, 1.54) is 12.5 Å². The zero-order valence-corrected chi connectivity index (χ0v) is 10.6. The maximum atomic E-state index is 11.7. The Morgan fingerprint density at radius 3 is 2.65 bits per heavy atom. The molecule has 0 radical (unpaired) electrons. The van der Waals surface area contributed by atoms with E-state index in [0.717, 1.165) is 12.8 Å². The van der Waals surface area contributed by atoms with Crippen LogP contribution in [0.15, 0.2) is 41.1 Å². The zero-order valence-electron chi connectivity index (χ0n) is 10.6. The molecule has 0 aromatic carbocycles. The van der Waals surface area contributed by atoms with Gasteiger partial charge < -0.3 is 15.1 Å². The molecule has 102 valence electrons. The first-order chi connectivity index (χ1) is 9.72. The lowest BCUT2D eigenvalue weighted by Gasteiger charge is -2.05. The van der Waals surface area contributed by atoms with Crippen molar-refractivity contribution in [3.63, 3.8) is 0 Å². The summed E-state index contributed by atoms with van der Waals surface area (Å²) in [5, 5.41) is 5.38. The van der Waals surface area contributed by atoms with Gasteiger partial charge in [0.15, 0.2) is 5.76 Å². The number of furan rings is 1. The first kappa shape index (κ1) is 12.4. The highest BCUT2D eigenvalue weighted by Crippen LogP contribution is 2.30. The van der Waals surface area contributed by atoms with Crippen LogP contribution < -0.4 is 10.6 Å². The Hall–Kier alpha value is -2.63. The van der Waals surface area contributed by atoms with Crippen molar-refractivity contribution in [2.75, 3.05) is 10.6 Å². The van der Waals surface area contributed by atoms with Gasteiger partial charge in [-0.3, -0.25) is 9.59 Å². The molecule has 3 rings (SSSR count). The average molecular weight is 271 g/mol. The highest BCUT2D eigenvalue weighted by molar-refractivity contribution is 6.01. The van der Waals surface area contributed by atoms with Gasteiger partial charge >= 0.3 is 0 Å². The summed E-state index contributed by atoms with van der Waals surface area (Å²) in [6, 6.07) is 6.53. The van der Waals surface area contributed by atoms with E-state index in [2.05, 4.69) is 15.6 Å². The second-order valence-electron chi connectivity index (χ2n) is 4.63. The van der Waals surface area contributed by atoms with Crippen molar-refractivity contribution < 1.29 is 14.0 Å². The third kappa shape index (κ3) is 2.85. The molecule has 2 aromatic heterocycles. The third-order valence-corrected chi connectivity index (χ3v) is 2.97. The molecule has 1 fully saturated rings. The predicted octanol–water partition coefficient (Wildman–Crippen LogP) is 2.28. The lowest BCUT2D eigenvalue weighted by atomic mass is 10.3. The van der Waals surface area contributed by atoms with Gasteiger partial charge in [0.1, 0.15) is 5.82 Å². The summed E-state index contributed by atoms with van der Waals surface area (Å²) in [6.45, 7) is 0. The molecule has 0 saturated heterocycles. The molecule has 2 heterocycles. The highest BCUT2D eigenvalue weighted by atomic mass is 16.3. The number of hydrogen-bond acceptors (Lipinski definition) is 4. The van der Waals surface area contributed by atoms with Gasteiger partial charge in [-0.2, -0.15) is 0 Å². The van der Waals surface area contributed by atoms with E-state index >= 15 is 0 Å². The molecule has 2 N–H and O–H groups in total. The summed E-state index contributed by atoms with van der Waals surface area (Å²) in [7, 11) is 0. The van der Waals surface area contributed by atoms with Crippen LogP contribution in [0.3, 0.4) is 0 Å². The first-order valence-electron chi connectivity index (χ1n) is 6.34. The average Bonchev–Trinajstić information content (AvgIpc) is 3.16. The fourth-order valence-electron chi connectivity index (χ4n) is 1.72. The SMILES string of the molecule is O=C(Nc1ccc(NC(=O)C2CC2)cn1)c1ccco1. The molecule has 0 spiro atoms. The number of carbonyl (C=O) groups excluding carboxylic acids is 2. The van der Waals surface area contributed by atoms with Crippen molar-refractivity contribution in [2.45, 2.75) is 12.8 Å². The van der Waals surface area contributed by atoms with Crippen LogP contribution in [-0.4, -0.2) is 16.8 Å². The van der Waals surface area contributed by atoms with E-state index in [9.17, 15) is 9.59 Å². The molecule has 0 bridgehead atoms. The van der Waals surface area contributed by atoms with Crippen molar-refractivity contribution in [3.8, 4) is 0 Å². The number of pyridine rings is 1. The fourth-order valence-corrected chi connectivity index (χ4v) is 1.72. The second kappa shape index (κ2) is 5.16. The summed E-state index contributed by atoms with van der Waals surface area (Å²) < 4.78 is 4.98. The van der Waals surface area contributed by atoms with Gasteiger partial charge in [-0.1, -0.05) is 0 Å². The molecule has 0 aliphatic heterocycles. The number of hydrogen-bond donors (Lipinski definition) is 2. The smallest absolute Gasteiger partial charge is 0.292 e. The van der Waals surface area contributed by atoms with Crippen LogP contribution in [0, 0.1) is 5.92 Å². The van der Waals surface area contributed by atoms with Crippen molar-refractivity contribution in [3.05, 3.63) is 42.5 Å². The fraction of sp³-hybridized carbons (Fsp3) is 0.214. The van der Waals surface area contributed by atoms with Crippen molar-refractivity contribution >= 4 is 23.3 Å². The predicted molar refractivity (Wildman–Crippen MR) is 72.3 cm³/mol. The third-order valence-electron chi connectivity index (χ3n) is 2.97. The van der Waals surface area contributed by atoms with Crippen molar-refractivity contribution in [1.29, 1.82) is 0 Å². The van der Waals surface area contributed by atoms with Gasteiger partial charge in [0.05, 0.1) is 18.1 Å². The topological polar surface area (TPSA) is 84.2 Å². The summed E-state index contributed by atoms with van der Waals surface area (Å²) >= 11 is 0. The van der Waals surface area contributed by atoms with Gasteiger partial charge in [-0.25, -0.2) is 4.98 Å². The van der Waals surface area contributed by atoms with Crippen LogP contribution in [0.1, 0.15) is 23.4 Å². The molecule has 2 aromatic rings. The van der Waals surface area contributed by atoms with Crippen LogP contribution in [0.4, 0.5) is 11.5 Å². The maximum Gasteiger partial charge on any atom is 0.292 e. The number of aromatic nitrogens is 1. The molecule has 6 heteroatoms. The van der Waals surface area contributed by atoms with Crippen LogP contribution in [-0.2, 0) is 4.79 Å².